The van der Waals surface area contributed by atoms with Crippen molar-refractivity contribution in [1.82, 2.24) is 55.6 Å². The number of halogens is 1. The molecule has 6 aromatic rings. The van der Waals surface area contributed by atoms with Gasteiger partial charge in [-0.15, -0.1) is 16.4 Å². The summed E-state index contributed by atoms with van der Waals surface area (Å²) in [6.07, 6.45) is 1.05. The van der Waals surface area contributed by atoms with Gasteiger partial charge in [0.05, 0.1) is 69.9 Å². The van der Waals surface area contributed by atoms with Crippen molar-refractivity contribution in [2.24, 2.45) is 11.1 Å². The van der Waals surface area contributed by atoms with Crippen molar-refractivity contribution in [3.63, 3.8) is 0 Å². The number of amides is 7. The second-order valence-corrected chi connectivity index (χ2v) is 27.3. The minimum atomic E-state index is -5.09. The Morgan fingerprint density at radius 2 is 1.74 bits per heavy atom. The number of hydrogen-bond acceptors (Lipinski definition) is 16. The Balaban J connectivity index is 0.775. The van der Waals surface area contributed by atoms with E-state index in [2.05, 4.69) is 36.2 Å². The SMILES string of the molecule is CC(=O)N1CC[C@H](NC(=O)c2cc3cc(C(=O)P(=O)(O)O)ccc3[nH]2)C(=O)N2[C@H](CC[C@H]2C(=O)N[C@@H](CCC(N)=O)COc2cccc(CCCc3nnn4c3COCC(C)(C)[C@@H]4C(=O)N3C[C@H](O)C[C@H]3C(=O)N[C@@H](C)c3ccc(-c4scnc4C)cc3)c2Cl)C1. The number of benzene rings is 3. The largest absolute Gasteiger partial charge is 0.490 e. The van der Waals surface area contributed by atoms with E-state index >= 15 is 0 Å². The van der Waals surface area contributed by atoms with E-state index in [1.54, 1.807) is 38.6 Å². The lowest BCUT2D eigenvalue weighted by Crippen LogP contribution is -2.60. The Kier molecular flexibility index (Phi) is 20.0. The zero-order valence-corrected chi connectivity index (χ0v) is 53.4. The highest BCUT2D eigenvalue weighted by molar-refractivity contribution is 7.70. The number of carbonyl (C=O) groups excluding carboxylic acids is 8. The van der Waals surface area contributed by atoms with E-state index in [4.69, 9.17) is 26.8 Å². The molecule has 4 aliphatic rings. The Morgan fingerprint density at radius 1 is 0.978 bits per heavy atom. The molecule has 26 nitrogen and oxygen atoms in total. The van der Waals surface area contributed by atoms with Crippen LogP contribution < -0.4 is 26.4 Å². The summed E-state index contributed by atoms with van der Waals surface area (Å²) in [5.41, 5.74) is 10.1. The zero-order chi connectivity index (χ0) is 65.2. The first kappa shape index (κ1) is 66.0. The summed E-state index contributed by atoms with van der Waals surface area (Å²) in [4.78, 5) is 141. The van der Waals surface area contributed by atoms with Crippen molar-refractivity contribution in [2.75, 3.05) is 32.8 Å². The molecule has 0 bridgehead atoms. The Bertz CT molecular complexity index is 3830. The molecule has 10 rings (SSSR count). The van der Waals surface area contributed by atoms with E-state index in [1.807, 2.05) is 58.0 Å². The number of aryl methyl sites for hydroxylation is 3. The van der Waals surface area contributed by atoms with Crippen LogP contribution in [0.25, 0.3) is 21.3 Å². The van der Waals surface area contributed by atoms with Crippen LogP contribution in [0.2, 0.25) is 5.02 Å². The van der Waals surface area contributed by atoms with Crippen molar-refractivity contribution in [3.8, 4) is 16.2 Å². The van der Waals surface area contributed by atoms with Gasteiger partial charge in [0.25, 0.3) is 11.4 Å². The summed E-state index contributed by atoms with van der Waals surface area (Å²) in [7, 11) is -5.09. The number of H-pyrrole nitrogens is 1. The molecule has 0 aliphatic carbocycles. The quantitative estimate of drug-likeness (QED) is 0.0448. The van der Waals surface area contributed by atoms with Crippen LogP contribution in [-0.4, -0.2) is 171 Å². The van der Waals surface area contributed by atoms with Crippen molar-refractivity contribution in [2.45, 2.75) is 147 Å². The monoisotopic (exact) mass is 1310 g/mol. The second kappa shape index (κ2) is 27.5. The molecule has 29 heteroatoms. The van der Waals surface area contributed by atoms with Crippen molar-refractivity contribution < 1.29 is 67.3 Å². The Morgan fingerprint density at radius 3 is 2.45 bits per heavy atom. The standard InChI is InChI=1S/C62H74ClN12O14PS/c1-33(36-12-14-38(15-13-36)54-34(2)65-32-91-54)66-58(81)49-26-43(77)28-73(49)60(83)55-62(4,5)31-88-30-50-45(70-71-75(50)55)10-6-8-37-9-7-11-51(53(37)63)89-29-41(17-21-52(64)78)67-57(80)48-20-18-42-27-72(35(3)76)23-22-46(59(82)74(42)48)69-56(79)47-25-40-24-39(16-19-44(40)68-47)61(84)90(85,86)87/h7,9,11-16,19,24-25,32-33,41-43,46,48-49,55,68,77H,6,8,10,17-18,20-23,26-31H2,1-5H3,(H2,64,78)(H,66,81)(H,67,80)(H,69,79)(H2,85,86,87)/t33-,41-,42+,43+,46-,48-,49-,55-/m0/s1. The molecular weight excluding hydrogens is 1240 g/mol. The highest BCUT2D eigenvalue weighted by Crippen LogP contribution is 2.41. The van der Waals surface area contributed by atoms with Crippen molar-refractivity contribution in [3.05, 3.63) is 117 Å². The maximum Gasteiger partial charge on any atom is 0.396 e. The average Bonchev–Trinajstić information content (AvgIpc) is 1.65. The zero-order valence-electron chi connectivity index (χ0n) is 50.9. The number of ether oxygens (including phenoxy) is 2. The molecule has 3 fully saturated rings. The minimum Gasteiger partial charge on any atom is -0.490 e. The molecule has 9 N–H and O–H groups in total. The lowest BCUT2D eigenvalue weighted by atomic mass is 9.84. The number of likely N-dealkylation sites (tertiary alicyclic amines) is 1. The fourth-order valence-corrected chi connectivity index (χ4v) is 14.2. The molecule has 0 unspecified atom stereocenters. The smallest absolute Gasteiger partial charge is 0.396 e. The van der Waals surface area contributed by atoms with Crippen LogP contribution in [0.3, 0.4) is 0 Å². The molecule has 484 valence electrons. The lowest BCUT2D eigenvalue weighted by Gasteiger charge is -2.39. The number of fused-ring (bicyclic) bond motifs is 3. The van der Waals surface area contributed by atoms with Crippen LogP contribution in [0, 0.1) is 12.3 Å². The number of thiazole rings is 1. The molecule has 7 amide bonds. The van der Waals surface area contributed by atoms with Crippen LogP contribution >= 0.6 is 30.5 Å². The van der Waals surface area contributed by atoms with Crippen LogP contribution in [0.15, 0.2) is 72.2 Å². The van der Waals surface area contributed by atoms with Gasteiger partial charge in [-0.2, -0.15) is 0 Å². The third-order valence-corrected chi connectivity index (χ3v) is 19.7. The summed E-state index contributed by atoms with van der Waals surface area (Å²) in [6, 6.07) is 12.5. The average molecular weight is 1310 g/mol. The number of nitrogens with zero attached hydrogens (tertiary/aromatic N) is 7. The van der Waals surface area contributed by atoms with Gasteiger partial charge >= 0.3 is 7.60 Å². The second-order valence-electron chi connectivity index (χ2n) is 24.5. The van der Waals surface area contributed by atoms with Crippen LogP contribution in [0.4, 0.5) is 0 Å². The number of aliphatic hydroxyl groups is 1. The third-order valence-electron chi connectivity index (χ3n) is 17.5. The number of carbonyl (C=O) groups is 8. The number of rotatable bonds is 21. The lowest BCUT2D eigenvalue weighted by molar-refractivity contribution is -0.145. The van der Waals surface area contributed by atoms with Gasteiger partial charge in [0, 0.05) is 61.3 Å². The first-order chi connectivity index (χ1) is 43.3. The molecule has 91 heavy (non-hydrogen) atoms. The van der Waals surface area contributed by atoms with E-state index in [9.17, 15) is 57.8 Å². The van der Waals surface area contributed by atoms with E-state index < -0.39 is 90.6 Å². The van der Waals surface area contributed by atoms with E-state index in [0.29, 0.717) is 58.7 Å². The van der Waals surface area contributed by atoms with Gasteiger partial charge < -0.3 is 65.7 Å². The number of primary amides is 1. The fourth-order valence-electron chi connectivity index (χ4n) is 12.6. The summed E-state index contributed by atoms with van der Waals surface area (Å²) in [6.45, 7) is 9.41. The summed E-state index contributed by atoms with van der Waals surface area (Å²) in [5.74, 6) is -3.21. The number of β-amino-alcohol motifs (C(OH)–C–C–N with tert-alkyl or cyclic N) is 1. The molecule has 7 heterocycles. The van der Waals surface area contributed by atoms with Gasteiger partial charge in [0.1, 0.15) is 42.2 Å². The molecule has 0 saturated carbocycles. The third kappa shape index (κ3) is 14.7. The Labute approximate surface area is 533 Å². The summed E-state index contributed by atoms with van der Waals surface area (Å²) in [5, 5.41) is 29.4. The molecule has 3 aromatic heterocycles. The number of aliphatic hydroxyl groups excluding tert-OH is 1. The maximum atomic E-state index is 14.9. The van der Waals surface area contributed by atoms with Crippen LogP contribution in [0.5, 0.6) is 5.75 Å². The summed E-state index contributed by atoms with van der Waals surface area (Å²) < 4.78 is 25.7. The molecule has 0 radical (unpaired) electrons. The van der Waals surface area contributed by atoms with Gasteiger partial charge in [-0.25, -0.2) is 9.67 Å². The highest BCUT2D eigenvalue weighted by atomic mass is 35.5. The molecule has 0 spiro atoms. The van der Waals surface area contributed by atoms with Crippen molar-refractivity contribution in [1.29, 1.82) is 0 Å². The number of aromatic nitrogens is 5. The highest BCUT2D eigenvalue weighted by Gasteiger charge is 2.50. The number of hydrogen-bond donors (Lipinski definition) is 8. The Hall–Kier alpha value is -7.91. The first-order valence-corrected chi connectivity index (χ1v) is 33.0. The van der Waals surface area contributed by atoms with E-state index in [0.717, 1.165) is 27.3 Å². The maximum absolute atomic E-state index is 14.9. The van der Waals surface area contributed by atoms with Crippen LogP contribution in [0.1, 0.15) is 134 Å². The topological polar surface area (TPSA) is 364 Å². The normalized spacial score (nSPS) is 21.4. The van der Waals surface area contributed by atoms with E-state index in [-0.39, 0.29) is 101 Å². The number of nitrogens with two attached hydrogens (primary N) is 1. The van der Waals surface area contributed by atoms with Gasteiger partial charge in [-0.1, -0.05) is 67.1 Å². The molecule has 3 saturated heterocycles. The molecule has 4 aliphatic heterocycles. The molecule has 8 atom stereocenters. The van der Waals surface area contributed by atoms with Gasteiger partial charge in [-0.3, -0.25) is 42.9 Å². The molecule has 3 aromatic carbocycles. The first-order valence-electron chi connectivity index (χ1n) is 30.2. The van der Waals surface area contributed by atoms with Crippen LogP contribution in [-0.2, 0) is 57.5 Å². The molecular formula is C62H74ClN12O14PS. The predicted octanol–water partition coefficient (Wildman–Crippen LogP) is 4.81. The minimum absolute atomic E-state index is 0.000329. The van der Waals surface area contributed by atoms with Gasteiger partial charge in [-0.05, 0) is 106 Å². The van der Waals surface area contributed by atoms with E-state index in [1.165, 1.54) is 41.0 Å². The van der Waals surface area contributed by atoms with Gasteiger partial charge in [0.2, 0.25) is 35.4 Å². The predicted molar refractivity (Wildman–Crippen MR) is 333 cm³/mol. The summed E-state index contributed by atoms with van der Waals surface area (Å²) >= 11 is 8.59. The number of aromatic amines is 1. The van der Waals surface area contributed by atoms with Crippen molar-refractivity contribution >= 4 is 88.3 Å². The fraction of sp³-hybridized carbons (Fsp3) is 0.468. The number of nitrogens with one attached hydrogen (secondary N) is 4. The van der Waals surface area contributed by atoms with Gasteiger partial charge in [0.15, 0.2) is 0 Å².